The highest BCUT2D eigenvalue weighted by Gasteiger charge is 2.34. The number of carbonyl (C=O) groups excluding carboxylic acids is 3. The second kappa shape index (κ2) is 10.2. The maximum absolute atomic E-state index is 12.8. The van der Waals surface area contributed by atoms with Crippen LogP contribution in [0.2, 0.25) is 0 Å². The highest BCUT2D eigenvalue weighted by Crippen LogP contribution is 2.30. The number of benzene rings is 2. The van der Waals surface area contributed by atoms with Crippen LogP contribution >= 0.6 is 0 Å². The molecule has 1 fully saturated rings. The molecule has 0 aliphatic carbocycles. The minimum atomic E-state index is -0.644. The summed E-state index contributed by atoms with van der Waals surface area (Å²) in [5.74, 6) is 0.137. The number of imide groups is 1. The third-order valence-corrected chi connectivity index (χ3v) is 5.30. The fraction of sp³-hybridized carbons (Fsp3) is 0.192. The number of esters is 1. The van der Waals surface area contributed by atoms with E-state index in [0.717, 1.165) is 16.0 Å². The number of methoxy groups -OCH3 is 2. The van der Waals surface area contributed by atoms with E-state index in [9.17, 15) is 14.4 Å². The summed E-state index contributed by atoms with van der Waals surface area (Å²) in [6.07, 6.45) is 1.55. The number of carbonyl (C=O) groups is 3. The van der Waals surface area contributed by atoms with Crippen LogP contribution in [0.3, 0.4) is 0 Å². The van der Waals surface area contributed by atoms with Crippen LogP contribution in [0.15, 0.2) is 64.7 Å². The van der Waals surface area contributed by atoms with E-state index in [2.05, 4.69) is 10.1 Å². The van der Waals surface area contributed by atoms with Crippen molar-refractivity contribution >= 4 is 24.0 Å². The van der Waals surface area contributed by atoms with E-state index in [-0.39, 0.29) is 23.8 Å². The first-order valence-electron chi connectivity index (χ1n) is 10.8. The summed E-state index contributed by atoms with van der Waals surface area (Å²) < 4.78 is 21.3. The van der Waals surface area contributed by atoms with Crippen LogP contribution in [-0.4, -0.2) is 37.0 Å². The lowest BCUT2D eigenvalue weighted by Crippen LogP contribution is -2.30. The van der Waals surface area contributed by atoms with E-state index < -0.39 is 17.9 Å². The molecule has 4 rings (SSSR count). The van der Waals surface area contributed by atoms with Crippen LogP contribution in [0.5, 0.6) is 11.5 Å². The van der Waals surface area contributed by atoms with Crippen molar-refractivity contribution in [1.29, 1.82) is 0 Å². The average Bonchev–Trinajstić information content (AvgIpc) is 3.43. The number of nitrogens with one attached hydrogen (secondary N) is 1. The molecule has 1 aromatic heterocycles. The molecule has 1 saturated heterocycles. The molecule has 3 amide bonds. The molecule has 1 aliphatic rings. The van der Waals surface area contributed by atoms with Crippen LogP contribution < -0.4 is 14.8 Å². The van der Waals surface area contributed by atoms with E-state index in [1.165, 1.54) is 26.4 Å². The lowest BCUT2D eigenvalue weighted by Gasteiger charge is -2.12. The van der Waals surface area contributed by atoms with Crippen molar-refractivity contribution in [2.45, 2.75) is 20.1 Å². The van der Waals surface area contributed by atoms with E-state index in [1.807, 2.05) is 31.2 Å². The molecule has 0 bridgehead atoms. The van der Waals surface area contributed by atoms with Crippen molar-refractivity contribution in [3.8, 4) is 11.5 Å². The summed E-state index contributed by atoms with van der Waals surface area (Å²) in [7, 11) is 2.76. The minimum absolute atomic E-state index is 0.0119. The number of hydrogen-bond acceptors (Lipinski definition) is 7. The number of furan rings is 1. The molecule has 2 heterocycles. The Bertz CT molecular complexity index is 1310. The Kier molecular flexibility index (Phi) is 6.86. The molecule has 3 aromatic rings. The van der Waals surface area contributed by atoms with Crippen molar-refractivity contribution in [1.82, 2.24) is 10.2 Å². The Morgan fingerprint density at radius 3 is 2.63 bits per heavy atom. The summed E-state index contributed by atoms with van der Waals surface area (Å²) in [5.41, 5.74) is 2.92. The van der Waals surface area contributed by atoms with Crippen LogP contribution in [-0.2, 0) is 22.7 Å². The van der Waals surface area contributed by atoms with Crippen molar-refractivity contribution < 1.29 is 33.0 Å². The first-order chi connectivity index (χ1) is 16.9. The van der Waals surface area contributed by atoms with Crippen molar-refractivity contribution in [3.05, 3.63) is 88.5 Å². The predicted octanol–water partition coefficient (Wildman–Crippen LogP) is 4.06. The summed E-state index contributed by atoms with van der Waals surface area (Å²) in [6.45, 7) is 2.27. The third-order valence-electron chi connectivity index (χ3n) is 5.30. The smallest absolute Gasteiger partial charge is 0.373 e. The number of amides is 3. The van der Waals surface area contributed by atoms with Gasteiger partial charge in [-0.3, -0.25) is 9.69 Å². The van der Waals surface area contributed by atoms with Gasteiger partial charge in [-0.2, -0.15) is 0 Å². The molecule has 0 spiro atoms. The first kappa shape index (κ1) is 23.6. The standard InChI is InChI=1S/C26H24N2O7/c1-16-5-4-6-18(11-16)15-34-21-9-7-17(13-23(21)32-2)12-20-24(29)28(26(31)27-20)14-19-8-10-22(35-19)25(30)33-3/h4-13H,14-15H2,1-3H3,(H,27,31)/b20-12-. The third kappa shape index (κ3) is 5.35. The van der Waals surface area contributed by atoms with Crippen LogP contribution in [0, 0.1) is 6.92 Å². The van der Waals surface area contributed by atoms with Crippen LogP contribution in [0.25, 0.3) is 6.08 Å². The normalized spacial score (nSPS) is 14.3. The fourth-order valence-electron chi connectivity index (χ4n) is 3.57. The van der Waals surface area contributed by atoms with E-state index in [1.54, 1.807) is 24.3 Å². The summed E-state index contributed by atoms with van der Waals surface area (Å²) in [4.78, 5) is 37.7. The molecule has 0 unspecified atom stereocenters. The number of urea groups is 1. The van der Waals surface area contributed by atoms with Gasteiger partial charge in [0.25, 0.3) is 5.91 Å². The maximum Gasteiger partial charge on any atom is 0.373 e. The van der Waals surface area contributed by atoms with E-state index in [0.29, 0.717) is 23.7 Å². The average molecular weight is 476 g/mol. The number of ether oxygens (including phenoxy) is 3. The predicted molar refractivity (Wildman–Crippen MR) is 126 cm³/mol. The van der Waals surface area contributed by atoms with Crippen molar-refractivity contribution in [2.24, 2.45) is 0 Å². The SMILES string of the molecule is COC(=O)c1ccc(CN2C(=O)N/C(=C\c3ccc(OCc4cccc(C)c4)c(OC)c3)C2=O)o1. The molecular weight excluding hydrogens is 452 g/mol. The molecule has 0 atom stereocenters. The Morgan fingerprint density at radius 1 is 1.06 bits per heavy atom. The largest absolute Gasteiger partial charge is 0.493 e. The van der Waals surface area contributed by atoms with Crippen molar-refractivity contribution in [3.63, 3.8) is 0 Å². The number of aryl methyl sites for hydroxylation is 1. The summed E-state index contributed by atoms with van der Waals surface area (Å²) in [6, 6.07) is 15.6. The maximum atomic E-state index is 12.8. The molecular formula is C26H24N2O7. The van der Waals surface area contributed by atoms with Gasteiger partial charge in [0, 0.05) is 0 Å². The fourth-order valence-corrected chi connectivity index (χ4v) is 3.57. The molecule has 2 aromatic carbocycles. The number of rotatable bonds is 8. The molecule has 35 heavy (non-hydrogen) atoms. The number of hydrogen-bond donors (Lipinski definition) is 1. The number of nitrogens with zero attached hydrogens (tertiary/aromatic N) is 1. The van der Waals surface area contributed by atoms with Gasteiger partial charge in [0.2, 0.25) is 5.76 Å². The van der Waals surface area contributed by atoms with E-state index in [4.69, 9.17) is 13.9 Å². The summed E-state index contributed by atoms with van der Waals surface area (Å²) >= 11 is 0. The lowest BCUT2D eigenvalue weighted by molar-refractivity contribution is -0.123. The Balaban J connectivity index is 1.46. The molecule has 0 saturated carbocycles. The van der Waals surface area contributed by atoms with Crippen molar-refractivity contribution in [2.75, 3.05) is 14.2 Å². The first-order valence-corrected chi connectivity index (χ1v) is 10.8. The molecule has 9 heteroatoms. The topological polar surface area (TPSA) is 107 Å². The van der Waals surface area contributed by atoms with Crippen LogP contribution in [0.1, 0.15) is 33.0 Å². The lowest BCUT2D eigenvalue weighted by atomic mass is 10.1. The van der Waals surface area contributed by atoms with Gasteiger partial charge in [-0.25, -0.2) is 9.59 Å². The minimum Gasteiger partial charge on any atom is -0.493 e. The van der Waals surface area contributed by atoms with Gasteiger partial charge in [-0.05, 0) is 48.4 Å². The van der Waals surface area contributed by atoms with Gasteiger partial charge < -0.3 is 23.9 Å². The second-order valence-corrected chi connectivity index (χ2v) is 7.83. The Hall–Kier alpha value is -4.53. The molecule has 0 radical (unpaired) electrons. The van der Waals surface area contributed by atoms with Gasteiger partial charge in [-0.15, -0.1) is 0 Å². The van der Waals surface area contributed by atoms with Crippen LogP contribution in [0.4, 0.5) is 4.79 Å². The highest BCUT2D eigenvalue weighted by molar-refractivity contribution is 6.13. The molecule has 1 aliphatic heterocycles. The van der Waals surface area contributed by atoms with Gasteiger partial charge in [0.05, 0.1) is 20.8 Å². The van der Waals surface area contributed by atoms with Gasteiger partial charge >= 0.3 is 12.0 Å². The Labute approximate surface area is 201 Å². The highest BCUT2D eigenvalue weighted by atomic mass is 16.5. The second-order valence-electron chi connectivity index (χ2n) is 7.83. The molecule has 180 valence electrons. The quantitative estimate of drug-likeness (QED) is 0.297. The van der Waals surface area contributed by atoms with Gasteiger partial charge in [-0.1, -0.05) is 35.9 Å². The van der Waals surface area contributed by atoms with Gasteiger partial charge in [0.1, 0.15) is 18.1 Å². The zero-order valence-corrected chi connectivity index (χ0v) is 19.5. The monoisotopic (exact) mass is 476 g/mol. The molecule has 9 nitrogen and oxygen atoms in total. The zero-order chi connectivity index (χ0) is 24.9. The Morgan fingerprint density at radius 2 is 1.89 bits per heavy atom. The van der Waals surface area contributed by atoms with Gasteiger partial charge in [0.15, 0.2) is 11.5 Å². The summed E-state index contributed by atoms with van der Waals surface area (Å²) in [5, 5.41) is 2.56. The van der Waals surface area contributed by atoms with E-state index >= 15 is 0 Å². The zero-order valence-electron chi connectivity index (χ0n) is 19.5. The molecule has 1 N–H and O–H groups in total.